The Morgan fingerprint density at radius 2 is 2.03 bits per heavy atom. The van der Waals surface area contributed by atoms with Crippen LogP contribution in [-0.2, 0) is 24.7 Å². The van der Waals surface area contributed by atoms with Crippen molar-refractivity contribution in [1.82, 2.24) is 10.3 Å². The summed E-state index contributed by atoms with van der Waals surface area (Å²) in [5, 5.41) is 5.93. The summed E-state index contributed by atoms with van der Waals surface area (Å²) in [4.78, 5) is 20.4. The van der Waals surface area contributed by atoms with E-state index in [0.29, 0.717) is 17.7 Å². The van der Waals surface area contributed by atoms with Gasteiger partial charge in [0.2, 0.25) is 5.91 Å². The number of thiophene rings is 1. The maximum Gasteiger partial charge on any atom is 0.273 e. The number of benzene rings is 1. The van der Waals surface area contributed by atoms with Gasteiger partial charge in [0.1, 0.15) is 19.1 Å². The van der Waals surface area contributed by atoms with Crippen molar-refractivity contribution in [2.45, 2.75) is 16.4 Å². The maximum absolute atomic E-state index is 13.0. The van der Waals surface area contributed by atoms with Gasteiger partial charge in [-0.2, -0.15) is 0 Å². The van der Waals surface area contributed by atoms with Crippen molar-refractivity contribution in [2.75, 3.05) is 36.5 Å². The number of rotatable bonds is 9. The van der Waals surface area contributed by atoms with Crippen LogP contribution in [0.3, 0.4) is 0 Å². The first kappa shape index (κ1) is 25.7. The number of aliphatic imine (C=N–C) groups is 1. The lowest BCUT2D eigenvalue weighted by atomic mass is 10.1. The molecular formula is C22H26N4O5S4. The van der Waals surface area contributed by atoms with Crippen LogP contribution in [0.4, 0.5) is 5.69 Å². The molecule has 0 saturated carbocycles. The Kier molecular flexibility index (Phi) is 7.32. The van der Waals surface area contributed by atoms with E-state index in [-0.39, 0.29) is 33.6 Å². The molecule has 35 heavy (non-hydrogen) atoms. The Hall–Kier alpha value is -2.35. The second-order valence-electron chi connectivity index (χ2n) is 8.34. The normalized spacial score (nSPS) is 17.3. The first-order valence-corrected chi connectivity index (χ1v) is 16.0. The summed E-state index contributed by atoms with van der Waals surface area (Å²) in [6.45, 7) is 2.34. The van der Waals surface area contributed by atoms with Gasteiger partial charge in [-0.1, -0.05) is 36.9 Å². The van der Waals surface area contributed by atoms with E-state index in [2.05, 4.69) is 15.3 Å². The van der Waals surface area contributed by atoms with Crippen molar-refractivity contribution in [3.05, 3.63) is 47.5 Å². The summed E-state index contributed by atoms with van der Waals surface area (Å²) in [6.07, 6.45) is 1.14. The Balaban J connectivity index is 1.49. The first-order valence-electron chi connectivity index (χ1n) is 10.8. The highest BCUT2D eigenvalue weighted by Gasteiger charge is 2.31. The molecule has 13 heteroatoms. The van der Waals surface area contributed by atoms with Gasteiger partial charge < -0.3 is 10.3 Å². The number of thioether (sulfide) groups is 1. The monoisotopic (exact) mass is 554 g/mol. The molecular weight excluding hydrogens is 529 g/mol. The van der Waals surface area contributed by atoms with Crippen LogP contribution in [-0.4, -0.2) is 70.2 Å². The minimum Gasteiger partial charge on any atom is -0.355 e. The highest BCUT2D eigenvalue weighted by atomic mass is 32.2. The molecule has 1 amide bonds. The van der Waals surface area contributed by atoms with E-state index < -0.39 is 19.9 Å². The second kappa shape index (κ2) is 9.96. The van der Waals surface area contributed by atoms with Crippen LogP contribution in [0.5, 0.6) is 0 Å². The highest BCUT2D eigenvalue weighted by Crippen LogP contribution is 2.35. The SMILES string of the molecule is CC(C(=O)NCCS(C)(=O)=O)C1CN=C(c2cc3cccc(N(C)S(=O)(=O)c4cccs4)c3[nH]2)S1. The number of nitrogens with one attached hydrogen (secondary N) is 2. The van der Waals surface area contributed by atoms with E-state index in [1.807, 2.05) is 18.2 Å². The molecule has 1 aromatic carbocycles. The number of aromatic amines is 1. The van der Waals surface area contributed by atoms with Gasteiger partial charge in [0.05, 0.1) is 29.2 Å². The molecule has 1 aliphatic heterocycles. The van der Waals surface area contributed by atoms with E-state index in [4.69, 9.17) is 0 Å². The van der Waals surface area contributed by atoms with Crippen LogP contribution < -0.4 is 9.62 Å². The number of hydrogen-bond donors (Lipinski definition) is 2. The number of H-pyrrole nitrogens is 1. The lowest BCUT2D eigenvalue weighted by molar-refractivity contribution is -0.124. The maximum atomic E-state index is 13.0. The standard InChI is InChI=1S/C22H26N4O5S4/c1-14(21(27)23-9-11-34(3,28)29)18-13-24-22(33-18)16-12-15-6-4-7-17(20(15)25-16)26(2)35(30,31)19-8-5-10-32-19/h4-8,10,12,14,18,25H,9,11,13H2,1-3H3,(H,23,27). The number of anilines is 1. The Morgan fingerprint density at radius 3 is 2.71 bits per heavy atom. The molecule has 3 aromatic rings. The molecule has 9 nitrogen and oxygen atoms in total. The molecule has 188 valence electrons. The molecule has 0 aliphatic carbocycles. The summed E-state index contributed by atoms with van der Waals surface area (Å²) in [5.41, 5.74) is 1.97. The smallest absolute Gasteiger partial charge is 0.273 e. The number of nitrogens with zero attached hydrogens (tertiary/aromatic N) is 2. The number of carbonyl (C=O) groups excluding carboxylic acids is 1. The zero-order chi connectivity index (χ0) is 25.4. The van der Waals surface area contributed by atoms with Crippen molar-refractivity contribution >= 4 is 70.5 Å². The van der Waals surface area contributed by atoms with Crippen LogP contribution in [0.2, 0.25) is 0 Å². The van der Waals surface area contributed by atoms with Gasteiger partial charge in [0.25, 0.3) is 10.0 Å². The Morgan fingerprint density at radius 1 is 1.26 bits per heavy atom. The molecule has 0 fully saturated rings. The van der Waals surface area contributed by atoms with Gasteiger partial charge in [0.15, 0.2) is 0 Å². The molecule has 2 unspecified atom stereocenters. The molecule has 4 rings (SSSR count). The lowest BCUT2D eigenvalue weighted by Crippen LogP contribution is -2.37. The van der Waals surface area contributed by atoms with Crippen LogP contribution in [0.1, 0.15) is 12.6 Å². The van der Waals surface area contributed by atoms with Crippen molar-refractivity contribution in [1.29, 1.82) is 0 Å². The summed E-state index contributed by atoms with van der Waals surface area (Å²) in [7, 11) is -5.29. The number of aromatic nitrogens is 1. The van der Waals surface area contributed by atoms with Crippen LogP contribution in [0, 0.1) is 5.92 Å². The number of carbonyl (C=O) groups is 1. The summed E-state index contributed by atoms with van der Waals surface area (Å²) in [6, 6.07) is 10.7. The summed E-state index contributed by atoms with van der Waals surface area (Å²) < 4.78 is 50.2. The molecule has 0 saturated heterocycles. The summed E-state index contributed by atoms with van der Waals surface area (Å²) >= 11 is 2.65. The van der Waals surface area contributed by atoms with Gasteiger partial charge in [-0.15, -0.1) is 11.3 Å². The largest absolute Gasteiger partial charge is 0.355 e. The fraction of sp³-hybridized carbons (Fsp3) is 0.364. The minimum absolute atomic E-state index is 0.0831. The molecule has 0 spiro atoms. The van der Waals surface area contributed by atoms with Crippen molar-refractivity contribution in [3.63, 3.8) is 0 Å². The fourth-order valence-corrected chi connectivity index (χ4v) is 7.67. The third-order valence-electron chi connectivity index (χ3n) is 5.73. The van der Waals surface area contributed by atoms with Gasteiger partial charge in [-0.25, -0.2) is 16.8 Å². The minimum atomic E-state index is -3.68. The number of fused-ring (bicyclic) bond motifs is 1. The fourth-order valence-electron chi connectivity index (χ4n) is 3.68. The second-order valence-corrected chi connectivity index (χ2v) is 15.0. The van der Waals surface area contributed by atoms with E-state index in [1.54, 1.807) is 30.5 Å². The lowest BCUT2D eigenvalue weighted by Gasteiger charge is -2.19. The number of para-hydroxylation sites is 1. The van der Waals surface area contributed by atoms with Crippen LogP contribution in [0.15, 0.2) is 51.0 Å². The van der Waals surface area contributed by atoms with E-state index in [9.17, 15) is 21.6 Å². The van der Waals surface area contributed by atoms with Crippen LogP contribution in [0.25, 0.3) is 10.9 Å². The average Bonchev–Trinajstić information content (AvgIpc) is 3.56. The van der Waals surface area contributed by atoms with Gasteiger partial charge >= 0.3 is 0 Å². The Labute approximate surface area is 213 Å². The third-order valence-corrected chi connectivity index (χ3v) is 11.3. The quantitative estimate of drug-likeness (QED) is 0.419. The number of sulfonamides is 1. The molecule has 0 bridgehead atoms. The molecule has 0 radical (unpaired) electrons. The van der Waals surface area contributed by atoms with Crippen molar-refractivity contribution in [2.24, 2.45) is 10.9 Å². The molecule has 3 heterocycles. The molecule has 2 N–H and O–H groups in total. The van der Waals surface area contributed by atoms with Gasteiger partial charge in [0, 0.05) is 36.4 Å². The summed E-state index contributed by atoms with van der Waals surface area (Å²) in [5.74, 6) is -0.663. The van der Waals surface area contributed by atoms with Gasteiger partial charge in [-0.05, 0) is 23.6 Å². The molecule has 2 aromatic heterocycles. The van der Waals surface area contributed by atoms with Crippen LogP contribution >= 0.6 is 23.1 Å². The number of amides is 1. The third kappa shape index (κ3) is 5.57. The average molecular weight is 555 g/mol. The topological polar surface area (TPSA) is 129 Å². The number of hydrogen-bond acceptors (Lipinski definition) is 8. The van der Waals surface area contributed by atoms with Gasteiger partial charge in [-0.3, -0.25) is 14.1 Å². The van der Waals surface area contributed by atoms with Crippen molar-refractivity contribution in [3.8, 4) is 0 Å². The predicted molar refractivity (Wildman–Crippen MR) is 143 cm³/mol. The van der Waals surface area contributed by atoms with E-state index in [1.165, 1.54) is 34.5 Å². The van der Waals surface area contributed by atoms with Crippen molar-refractivity contribution < 1.29 is 21.6 Å². The Bertz CT molecular complexity index is 1480. The van der Waals surface area contributed by atoms with E-state index in [0.717, 1.165) is 22.4 Å². The van der Waals surface area contributed by atoms with E-state index >= 15 is 0 Å². The zero-order valence-corrected chi connectivity index (χ0v) is 22.7. The zero-order valence-electron chi connectivity index (χ0n) is 19.4. The highest BCUT2D eigenvalue weighted by molar-refractivity contribution is 8.15. The molecule has 1 aliphatic rings. The molecule has 2 atom stereocenters. The first-order chi connectivity index (χ1) is 16.5. The number of sulfone groups is 1. The predicted octanol–water partition coefficient (Wildman–Crippen LogP) is 2.71.